The number of aromatic nitrogens is 4. The minimum absolute atomic E-state index is 0.0651. The smallest absolute Gasteiger partial charge is 0.387 e. The van der Waals surface area contributed by atoms with Crippen molar-refractivity contribution in [1.82, 2.24) is 19.5 Å². The summed E-state index contributed by atoms with van der Waals surface area (Å²) in [5, 5.41) is 31.6. The molecule has 5 rings (SSSR count). The van der Waals surface area contributed by atoms with Crippen molar-refractivity contribution < 1.29 is 61.8 Å². The first-order chi connectivity index (χ1) is 16.5. The summed E-state index contributed by atoms with van der Waals surface area (Å²) in [5.74, 6) is 0.0651. The average Bonchev–Trinajstić information content (AvgIpc) is 3.42. The molecule has 2 aromatic heterocycles. The number of fused-ring (bicyclic) bond motifs is 5. The number of anilines is 1. The van der Waals surface area contributed by atoms with Crippen molar-refractivity contribution in [1.29, 1.82) is 0 Å². The highest BCUT2D eigenvalue weighted by atomic mass is 31.3. The van der Waals surface area contributed by atoms with Crippen LogP contribution < -0.4 is 5.73 Å². The number of nitrogen functional groups attached to an aromatic ring is 1. The van der Waals surface area contributed by atoms with Gasteiger partial charge in [0, 0.05) is 0 Å². The molecule has 0 radical (unpaired) electrons. The van der Waals surface area contributed by atoms with Gasteiger partial charge in [0.05, 0.1) is 19.5 Å². The number of imidazole rings is 1. The van der Waals surface area contributed by atoms with Gasteiger partial charge >= 0.3 is 15.6 Å². The Labute approximate surface area is 195 Å². The fourth-order valence-electron chi connectivity index (χ4n) is 3.92. The van der Waals surface area contributed by atoms with E-state index in [1.165, 1.54) is 17.2 Å². The second-order valence-corrected chi connectivity index (χ2v) is 10.9. The lowest BCUT2D eigenvalue weighted by Crippen LogP contribution is -2.42. The first-order valence-electron chi connectivity index (χ1n) is 10.1. The number of phosphoric acid groups is 2. The third kappa shape index (κ3) is 4.74. The van der Waals surface area contributed by atoms with Crippen LogP contribution >= 0.6 is 15.6 Å². The molecule has 3 aliphatic heterocycles. The maximum atomic E-state index is 12.2. The Morgan fingerprint density at radius 3 is 2.26 bits per heavy atom. The standard InChI is InChI=1S/C15H21N5O13P2/c16-12-7-13(18-3-17-12)20(4-19-7)14-11-9(22)6(30-14)2-29-35(26,27)33-34(24,25)28-1-5-8(21)10(23)15(31-5)32-11/h3-6,8-11,14-15,21-23H,1-2H2,(H,24,25)(H,26,27)(H2,16,17,18). The van der Waals surface area contributed by atoms with Gasteiger partial charge in [0.1, 0.15) is 48.5 Å². The molecule has 35 heavy (non-hydrogen) atoms. The van der Waals surface area contributed by atoms with Gasteiger partial charge in [0.2, 0.25) is 0 Å². The zero-order valence-corrected chi connectivity index (χ0v) is 19.2. The second-order valence-electron chi connectivity index (χ2n) is 7.87. The Bertz CT molecular complexity index is 1200. The van der Waals surface area contributed by atoms with E-state index < -0.39 is 78.0 Å². The van der Waals surface area contributed by atoms with Gasteiger partial charge < -0.3 is 45.1 Å². The molecule has 10 atom stereocenters. The van der Waals surface area contributed by atoms with E-state index in [0.29, 0.717) is 0 Å². The van der Waals surface area contributed by atoms with Gasteiger partial charge in [-0.3, -0.25) is 13.6 Å². The van der Waals surface area contributed by atoms with Crippen LogP contribution in [0.1, 0.15) is 6.23 Å². The van der Waals surface area contributed by atoms with Gasteiger partial charge in [-0.15, -0.1) is 0 Å². The summed E-state index contributed by atoms with van der Waals surface area (Å²) in [7, 11) is -10.4. The highest BCUT2D eigenvalue weighted by Gasteiger charge is 2.53. The molecule has 194 valence electrons. The normalized spacial score (nSPS) is 44.9. The summed E-state index contributed by atoms with van der Waals surface area (Å²) in [4.78, 5) is 31.6. The van der Waals surface area contributed by atoms with Crippen LogP contribution in [-0.2, 0) is 36.7 Å². The van der Waals surface area contributed by atoms with Crippen LogP contribution in [0, 0.1) is 0 Å². The molecule has 5 heterocycles. The maximum absolute atomic E-state index is 12.2. The lowest BCUT2D eigenvalue weighted by molar-refractivity contribution is -0.219. The number of nitrogens with zero attached hydrogens (tertiary/aromatic N) is 4. The number of ether oxygens (including phenoxy) is 3. The van der Waals surface area contributed by atoms with Crippen molar-refractivity contribution in [2.24, 2.45) is 0 Å². The summed E-state index contributed by atoms with van der Waals surface area (Å²) < 4.78 is 56.1. The van der Waals surface area contributed by atoms with E-state index in [1.807, 2.05) is 0 Å². The molecule has 2 aromatic rings. The molecule has 7 N–H and O–H groups in total. The predicted octanol–water partition coefficient (Wildman–Crippen LogP) is -2.24. The van der Waals surface area contributed by atoms with Crippen molar-refractivity contribution >= 4 is 32.6 Å². The summed E-state index contributed by atoms with van der Waals surface area (Å²) in [6.07, 6.45) is -9.28. The van der Waals surface area contributed by atoms with Crippen molar-refractivity contribution in [3.05, 3.63) is 12.7 Å². The van der Waals surface area contributed by atoms with Gasteiger partial charge in [-0.1, -0.05) is 0 Å². The summed E-state index contributed by atoms with van der Waals surface area (Å²) >= 11 is 0. The molecule has 0 aromatic carbocycles. The molecule has 4 bridgehead atoms. The molecule has 3 aliphatic rings. The number of hydrogen-bond donors (Lipinski definition) is 6. The number of hydrogen-bond acceptors (Lipinski definition) is 15. The third-order valence-electron chi connectivity index (χ3n) is 5.59. The Morgan fingerprint density at radius 2 is 1.57 bits per heavy atom. The Balaban J connectivity index is 1.51. The molecular formula is C15H21N5O13P2. The van der Waals surface area contributed by atoms with Crippen LogP contribution in [0.3, 0.4) is 0 Å². The predicted molar refractivity (Wildman–Crippen MR) is 108 cm³/mol. The molecule has 0 amide bonds. The second kappa shape index (κ2) is 9.04. The molecular weight excluding hydrogens is 520 g/mol. The van der Waals surface area contributed by atoms with E-state index in [1.54, 1.807) is 0 Å². The summed E-state index contributed by atoms with van der Waals surface area (Å²) in [6.45, 7) is -1.63. The van der Waals surface area contributed by atoms with Crippen LogP contribution in [0.2, 0.25) is 0 Å². The number of nitrogens with two attached hydrogens (primary N) is 1. The van der Waals surface area contributed by atoms with Crippen molar-refractivity contribution in [2.45, 2.75) is 49.1 Å². The highest BCUT2D eigenvalue weighted by molar-refractivity contribution is 7.61. The molecule has 10 unspecified atom stereocenters. The first kappa shape index (κ1) is 25.0. The average molecular weight is 541 g/mol. The lowest BCUT2D eigenvalue weighted by Gasteiger charge is -2.26. The summed E-state index contributed by atoms with van der Waals surface area (Å²) in [5.41, 5.74) is 6.22. The van der Waals surface area contributed by atoms with Crippen LogP contribution in [0.4, 0.5) is 5.82 Å². The molecule has 0 saturated carbocycles. The molecule has 0 spiro atoms. The fraction of sp³-hybridized carbons (Fsp3) is 0.667. The third-order valence-corrected chi connectivity index (χ3v) is 8.20. The lowest BCUT2D eigenvalue weighted by atomic mass is 10.1. The Hall–Kier alpha value is -1.63. The van der Waals surface area contributed by atoms with Crippen LogP contribution in [0.15, 0.2) is 12.7 Å². The molecule has 18 nitrogen and oxygen atoms in total. The number of aliphatic hydroxyl groups is 3. The van der Waals surface area contributed by atoms with E-state index in [-0.39, 0.29) is 17.0 Å². The van der Waals surface area contributed by atoms with Crippen LogP contribution in [0.25, 0.3) is 11.2 Å². The largest absolute Gasteiger partial charge is 0.481 e. The van der Waals surface area contributed by atoms with Gasteiger partial charge in [0.15, 0.2) is 24.0 Å². The molecule has 20 heteroatoms. The van der Waals surface area contributed by atoms with Crippen molar-refractivity contribution in [3.63, 3.8) is 0 Å². The van der Waals surface area contributed by atoms with E-state index in [9.17, 15) is 34.2 Å². The van der Waals surface area contributed by atoms with Gasteiger partial charge in [0.25, 0.3) is 0 Å². The Kier molecular flexibility index (Phi) is 6.46. The Morgan fingerprint density at radius 1 is 0.914 bits per heavy atom. The fourth-order valence-corrected chi connectivity index (χ4v) is 6.01. The summed E-state index contributed by atoms with van der Waals surface area (Å²) in [6, 6.07) is 0. The minimum Gasteiger partial charge on any atom is -0.387 e. The molecule has 3 fully saturated rings. The number of phosphoric ester groups is 2. The SMILES string of the molecule is Nc1ncnc2c1ncn2C1OC2COP(=O)(O)OP(=O)(O)OCC3OC(OC1C2O)C(O)C3O. The molecule has 3 saturated heterocycles. The monoisotopic (exact) mass is 541 g/mol. The van der Waals surface area contributed by atoms with Crippen molar-refractivity contribution in [2.75, 3.05) is 18.9 Å². The van der Waals surface area contributed by atoms with Crippen molar-refractivity contribution in [3.8, 4) is 0 Å². The topological polar surface area (TPSA) is 260 Å². The first-order valence-corrected chi connectivity index (χ1v) is 13.0. The van der Waals surface area contributed by atoms with Gasteiger partial charge in [-0.25, -0.2) is 24.1 Å². The molecule has 0 aliphatic carbocycles. The number of aliphatic hydroxyl groups excluding tert-OH is 3. The number of rotatable bonds is 1. The zero-order chi connectivity index (χ0) is 25.1. The van der Waals surface area contributed by atoms with Crippen LogP contribution in [-0.4, -0.2) is 101 Å². The van der Waals surface area contributed by atoms with Crippen LogP contribution in [0.5, 0.6) is 0 Å². The van der Waals surface area contributed by atoms with E-state index >= 15 is 0 Å². The van der Waals surface area contributed by atoms with E-state index in [2.05, 4.69) is 23.8 Å². The minimum atomic E-state index is -5.19. The van der Waals surface area contributed by atoms with Gasteiger partial charge in [-0.2, -0.15) is 4.31 Å². The van der Waals surface area contributed by atoms with E-state index in [4.69, 9.17) is 24.5 Å². The van der Waals surface area contributed by atoms with E-state index in [0.717, 1.165) is 0 Å². The van der Waals surface area contributed by atoms with Gasteiger partial charge in [-0.05, 0) is 0 Å². The quantitative estimate of drug-likeness (QED) is 0.208. The maximum Gasteiger partial charge on any atom is 0.481 e. The zero-order valence-electron chi connectivity index (χ0n) is 17.5. The highest BCUT2D eigenvalue weighted by Crippen LogP contribution is 2.61.